The highest BCUT2D eigenvalue weighted by molar-refractivity contribution is 5.85. The molecule has 23 heavy (non-hydrogen) atoms. The third-order valence-corrected chi connectivity index (χ3v) is 4.46. The molecule has 0 radical (unpaired) electrons. The van der Waals surface area contributed by atoms with Gasteiger partial charge in [-0.3, -0.25) is 9.69 Å². The second kappa shape index (κ2) is 10.9. The maximum Gasteiger partial charge on any atom is 0.244 e. The lowest BCUT2D eigenvalue weighted by Crippen LogP contribution is -2.46. The highest BCUT2D eigenvalue weighted by Gasteiger charge is 2.32. The number of amides is 1. The Morgan fingerprint density at radius 3 is 2.30 bits per heavy atom. The molecular weight excluding hydrogens is 333 g/mol. The zero-order chi connectivity index (χ0) is 15.2. The van der Waals surface area contributed by atoms with Crippen molar-refractivity contribution in [2.75, 3.05) is 33.2 Å². The van der Waals surface area contributed by atoms with Crippen LogP contribution < -0.4 is 5.32 Å². The molecule has 1 aliphatic rings. The lowest BCUT2D eigenvalue weighted by Gasteiger charge is -2.34. The van der Waals surface area contributed by atoms with Crippen LogP contribution in [0.1, 0.15) is 31.9 Å². The van der Waals surface area contributed by atoms with Gasteiger partial charge in [-0.15, -0.1) is 24.8 Å². The van der Waals surface area contributed by atoms with Gasteiger partial charge in [0, 0.05) is 19.6 Å². The molecule has 1 amide bonds. The number of halogens is 2. The van der Waals surface area contributed by atoms with E-state index in [-0.39, 0.29) is 36.8 Å². The third kappa shape index (κ3) is 5.35. The average Bonchev–Trinajstić information content (AvgIpc) is 3.06. The number of carbonyl (C=O) groups excluding carboxylic acids is 1. The Morgan fingerprint density at radius 1 is 1.22 bits per heavy atom. The molecule has 0 spiro atoms. The Morgan fingerprint density at radius 2 is 1.83 bits per heavy atom. The van der Waals surface area contributed by atoms with Crippen LogP contribution in [0, 0.1) is 0 Å². The Bertz CT molecular complexity index is 448. The monoisotopic (exact) mass is 361 g/mol. The Labute approximate surface area is 152 Å². The highest BCUT2D eigenvalue weighted by Crippen LogP contribution is 2.24. The molecule has 2 rings (SSSR count). The Balaban J connectivity index is 0.00000242. The van der Waals surface area contributed by atoms with Crippen molar-refractivity contribution in [1.82, 2.24) is 15.1 Å². The maximum atomic E-state index is 13.0. The minimum absolute atomic E-state index is 0. The SMILES string of the molecule is CCN(CC)C(C(=O)N(C)C1CCNC1)c1ccccc1.Cl.Cl. The maximum absolute atomic E-state index is 13.0. The van der Waals surface area contributed by atoms with E-state index in [9.17, 15) is 4.79 Å². The van der Waals surface area contributed by atoms with Crippen LogP contribution in [0.5, 0.6) is 0 Å². The zero-order valence-corrected chi connectivity index (χ0v) is 15.8. The second-order valence-corrected chi connectivity index (χ2v) is 5.63. The van der Waals surface area contributed by atoms with E-state index in [2.05, 4.69) is 36.2 Å². The van der Waals surface area contributed by atoms with Crippen molar-refractivity contribution in [3.05, 3.63) is 35.9 Å². The van der Waals surface area contributed by atoms with Crippen molar-refractivity contribution in [1.29, 1.82) is 0 Å². The molecule has 132 valence electrons. The van der Waals surface area contributed by atoms with E-state index < -0.39 is 0 Å². The molecule has 2 atom stereocenters. The molecule has 0 saturated carbocycles. The summed E-state index contributed by atoms with van der Waals surface area (Å²) in [5, 5.41) is 3.34. The van der Waals surface area contributed by atoms with Gasteiger partial charge in [0.25, 0.3) is 0 Å². The predicted molar refractivity (Wildman–Crippen MR) is 101 cm³/mol. The van der Waals surface area contributed by atoms with E-state index in [0.717, 1.165) is 38.2 Å². The summed E-state index contributed by atoms with van der Waals surface area (Å²) in [5.41, 5.74) is 1.09. The van der Waals surface area contributed by atoms with E-state index in [1.807, 2.05) is 30.1 Å². The summed E-state index contributed by atoms with van der Waals surface area (Å²) in [6.07, 6.45) is 1.04. The Hall–Kier alpha value is -0.810. The number of hydrogen-bond acceptors (Lipinski definition) is 3. The molecule has 4 nitrogen and oxygen atoms in total. The summed E-state index contributed by atoms with van der Waals surface area (Å²) in [6.45, 7) is 7.89. The smallest absolute Gasteiger partial charge is 0.244 e. The van der Waals surface area contributed by atoms with Gasteiger partial charge in [0.15, 0.2) is 0 Å². The van der Waals surface area contributed by atoms with Gasteiger partial charge in [0.1, 0.15) is 6.04 Å². The van der Waals surface area contributed by atoms with Gasteiger partial charge in [-0.2, -0.15) is 0 Å². The van der Waals surface area contributed by atoms with E-state index in [1.165, 1.54) is 0 Å². The number of benzene rings is 1. The topological polar surface area (TPSA) is 35.6 Å². The van der Waals surface area contributed by atoms with Gasteiger partial charge >= 0.3 is 0 Å². The van der Waals surface area contributed by atoms with Crippen LogP contribution >= 0.6 is 24.8 Å². The van der Waals surface area contributed by atoms with Crippen LogP contribution in [0.15, 0.2) is 30.3 Å². The molecule has 0 bridgehead atoms. The first-order chi connectivity index (χ1) is 10.2. The quantitative estimate of drug-likeness (QED) is 0.845. The fourth-order valence-electron chi connectivity index (χ4n) is 3.08. The van der Waals surface area contributed by atoms with Gasteiger partial charge in [0.05, 0.1) is 0 Å². The van der Waals surface area contributed by atoms with Crippen LogP contribution in [0.2, 0.25) is 0 Å². The molecule has 1 N–H and O–H groups in total. The molecule has 0 aromatic heterocycles. The molecule has 1 aromatic rings. The van der Waals surface area contributed by atoms with E-state index in [1.54, 1.807) is 0 Å². The summed E-state index contributed by atoms with van der Waals surface area (Å²) >= 11 is 0. The normalized spacial score (nSPS) is 18.0. The second-order valence-electron chi connectivity index (χ2n) is 5.63. The van der Waals surface area contributed by atoms with Crippen molar-refractivity contribution in [3.63, 3.8) is 0 Å². The zero-order valence-electron chi connectivity index (χ0n) is 14.2. The van der Waals surface area contributed by atoms with Crippen molar-refractivity contribution in [3.8, 4) is 0 Å². The van der Waals surface area contributed by atoms with Crippen molar-refractivity contribution >= 4 is 30.7 Å². The van der Waals surface area contributed by atoms with Crippen LogP contribution in [0.3, 0.4) is 0 Å². The molecular formula is C17H29Cl2N3O. The minimum atomic E-state index is -0.174. The molecule has 1 heterocycles. The summed E-state index contributed by atoms with van der Waals surface area (Å²) in [4.78, 5) is 17.2. The standard InChI is InChI=1S/C17H27N3O.2ClH/c1-4-20(5-2)16(14-9-7-6-8-10-14)17(21)19(3)15-11-12-18-13-15;;/h6-10,15-16,18H,4-5,11-13H2,1-3H3;2*1H. The van der Waals surface area contributed by atoms with E-state index >= 15 is 0 Å². The number of nitrogens with one attached hydrogen (secondary N) is 1. The van der Waals surface area contributed by atoms with Gasteiger partial charge in [-0.05, 0) is 31.6 Å². The lowest BCUT2D eigenvalue weighted by atomic mass is 10.0. The number of rotatable bonds is 6. The first-order valence-corrected chi connectivity index (χ1v) is 7.95. The first kappa shape index (κ1) is 22.2. The van der Waals surface area contributed by atoms with Crippen LogP contribution in [0.25, 0.3) is 0 Å². The summed E-state index contributed by atoms with van der Waals surface area (Å²) < 4.78 is 0. The van der Waals surface area contributed by atoms with Gasteiger partial charge in [0.2, 0.25) is 5.91 Å². The van der Waals surface area contributed by atoms with Crippen molar-refractivity contribution in [2.45, 2.75) is 32.4 Å². The fourth-order valence-corrected chi connectivity index (χ4v) is 3.08. The lowest BCUT2D eigenvalue weighted by molar-refractivity contribution is -0.137. The third-order valence-electron chi connectivity index (χ3n) is 4.46. The van der Waals surface area contributed by atoms with Crippen molar-refractivity contribution < 1.29 is 4.79 Å². The molecule has 1 saturated heterocycles. The summed E-state index contributed by atoms with van der Waals surface area (Å²) in [7, 11) is 1.94. The Kier molecular flexibility index (Phi) is 10.5. The molecule has 1 aromatic carbocycles. The largest absolute Gasteiger partial charge is 0.340 e. The number of likely N-dealkylation sites (N-methyl/N-ethyl adjacent to an activating group) is 2. The van der Waals surface area contributed by atoms with Crippen LogP contribution in [0.4, 0.5) is 0 Å². The number of hydrogen-bond donors (Lipinski definition) is 1. The van der Waals surface area contributed by atoms with Gasteiger partial charge in [-0.25, -0.2) is 0 Å². The van der Waals surface area contributed by atoms with Crippen LogP contribution in [-0.2, 0) is 4.79 Å². The predicted octanol–water partition coefficient (Wildman–Crippen LogP) is 2.73. The molecule has 1 fully saturated rings. The molecule has 2 unspecified atom stereocenters. The summed E-state index contributed by atoms with van der Waals surface area (Å²) in [5.74, 6) is 0.207. The van der Waals surface area contributed by atoms with Crippen LogP contribution in [-0.4, -0.2) is 55.0 Å². The van der Waals surface area contributed by atoms with E-state index in [4.69, 9.17) is 0 Å². The minimum Gasteiger partial charge on any atom is -0.340 e. The van der Waals surface area contributed by atoms with Gasteiger partial charge < -0.3 is 10.2 Å². The van der Waals surface area contributed by atoms with E-state index in [0.29, 0.717) is 6.04 Å². The molecule has 6 heteroatoms. The molecule has 0 aliphatic carbocycles. The fraction of sp³-hybridized carbons (Fsp3) is 0.588. The summed E-state index contributed by atoms with van der Waals surface area (Å²) in [6, 6.07) is 10.3. The highest BCUT2D eigenvalue weighted by atomic mass is 35.5. The average molecular weight is 362 g/mol. The van der Waals surface area contributed by atoms with Crippen molar-refractivity contribution in [2.24, 2.45) is 0 Å². The molecule has 1 aliphatic heterocycles. The first-order valence-electron chi connectivity index (χ1n) is 7.95. The van der Waals surface area contributed by atoms with Gasteiger partial charge in [-0.1, -0.05) is 44.2 Å². The number of carbonyl (C=O) groups is 1. The number of nitrogens with zero attached hydrogens (tertiary/aromatic N) is 2.